The van der Waals surface area contributed by atoms with Gasteiger partial charge in [-0.25, -0.2) is 0 Å². The van der Waals surface area contributed by atoms with E-state index in [9.17, 15) is 0 Å². The molecule has 76 valence electrons. The third-order valence-electron chi connectivity index (χ3n) is 3.76. The number of likely N-dealkylation sites (N-methyl/N-ethyl adjacent to an activating group) is 1. The average molecular weight is 182 g/mol. The highest BCUT2D eigenvalue weighted by atomic mass is 15.2. The van der Waals surface area contributed by atoms with E-state index in [1.165, 1.54) is 51.7 Å². The fraction of sp³-hybridized carbons (Fsp3) is 1.00. The molecular formula is C11H22N2. The van der Waals surface area contributed by atoms with Gasteiger partial charge in [-0.05, 0) is 38.9 Å². The predicted molar refractivity (Wildman–Crippen MR) is 55.9 cm³/mol. The van der Waals surface area contributed by atoms with E-state index in [1.807, 2.05) is 0 Å². The monoisotopic (exact) mass is 182 g/mol. The first kappa shape index (κ1) is 9.47. The molecule has 2 aliphatic rings. The van der Waals surface area contributed by atoms with Gasteiger partial charge in [0, 0.05) is 12.6 Å². The molecule has 1 saturated carbocycles. The number of hydrogen-bond acceptors (Lipinski definition) is 2. The Bertz CT molecular complexity index is 154. The lowest BCUT2D eigenvalue weighted by atomic mass is 9.83. The number of nitrogens with one attached hydrogen (secondary N) is 1. The van der Waals surface area contributed by atoms with Crippen LogP contribution in [0.3, 0.4) is 0 Å². The normalized spacial score (nSPS) is 30.7. The van der Waals surface area contributed by atoms with E-state index in [-0.39, 0.29) is 0 Å². The predicted octanol–water partition coefficient (Wildman–Crippen LogP) is 1.47. The van der Waals surface area contributed by atoms with E-state index in [2.05, 4.69) is 17.3 Å². The van der Waals surface area contributed by atoms with Gasteiger partial charge < -0.3 is 10.2 Å². The lowest BCUT2D eigenvalue weighted by Gasteiger charge is -2.27. The van der Waals surface area contributed by atoms with Crippen LogP contribution in [0.2, 0.25) is 0 Å². The van der Waals surface area contributed by atoms with E-state index < -0.39 is 0 Å². The summed E-state index contributed by atoms with van der Waals surface area (Å²) in [6.07, 6.45) is 7.30. The maximum Gasteiger partial charge on any atom is 0.0204 e. The Balaban J connectivity index is 1.59. The molecule has 2 nitrogen and oxygen atoms in total. The molecule has 0 aromatic heterocycles. The summed E-state index contributed by atoms with van der Waals surface area (Å²) >= 11 is 0. The third-order valence-corrected chi connectivity index (χ3v) is 3.76. The molecule has 0 radical (unpaired) electrons. The Morgan fingerprint density at radius 2 is 2.15 bits per heavy atom. The molecular weight excluding hydrogens is 160 g/mol. The topological polar surface area (TPSA) is 15.3 Å². The summed E-state index contributed by atoms with van der Waals surface area (Å²) in [7, 11) is 2.08. The van der Waals surface area contributed by atoms with Crippen LogP contribution in [-0.4, -0.2) is 37.6 Å². The van der Waals surface area contributed by atoms with Crippen LogP contribution >= 0.6 is 0 Å². The van der Waals surface area contributed by atoms with Gasteiger partial charge in [0.25, 0.3) is 0 Å². The second kappa shape index (κ2) is 4.43. The fourth-order valence-corrected chi connectivity index (χ4v) is 2.42. The average Bonchev–Trinajstić information content (AvgIpc) is 2.49. The molecule has 0 bridgehead atoms. The van der Waals surface area contributed by atoms with E-state index in [1.54, 1.807) is 0 Å². The van der Waals surface area contributed by atoms with Crippen molar-refractivity contribution < 1.29 is 0 Å². The summed E-state index contributed by atoms with van der Waals surface area (Å²) in [6.45, 7) is 3.95. The zero-order chi connectivity index (χ0) is 9.10. The van der Waals surface area contributed by atoms with Gasteiger partial charge in [-0.15, -0.1) is 0 Å². The van der Waals surface area contributed by atoms with Crippen LogP contribution in [0.4, 0.5) is 0 Å². The molecule has 2 fully saturated rings. The van der Waals surface area contributed by atoms with Gasteiger partial charge in [0.15, 0.2) is 0 Å². The fourth-order valence-electron chi connectivity index (χ4n) is 2.42. The molecule has 1 saturated heterocycles. The van der Waals surface area contributed by atoms with Crippen LogP contribution in [0.1, 0.15) is 32.1 Å². The van der Waals surface area contributed by atoms with Crippen LogP contribution in [0, 0.1) is 5.92 Å². The number of likely N-dealkylation sites (tertiary alicyclic amines) is 1. The minimum Gasteiger partial charge on any atom is -0.316 e. The minimum absolute atomic E-state index is 0.765. The molecule has 1 N–H and O–H groups in total. The highest BCUT2D eigenvalue weighted by molar-refractivity contribution is 4.81. The van der Waals surface area contributed by atoms with E-state index in [0.29, 0.717) is 0 Å². The summed E-state index contributed by atoms with van der Waals surface area (Å²) in [4.78, 5) is 2.62. The van der Waals surface area contributed by atoms with Crippen molar-refractivity contribution in [2.75, 3.05) is 26.7 Å². The van der Waals surface area contributed by atoms with Crippen molar-refractivity contribution in [3.63, 3.8) is 0 Å². The van der Waals surface area contributed by atoms with Crippen molar-refractivity contribution in [2.24, 2.45) is 5.92 Å². The lowest BCUT2D eigenvalue weighted by molar-refractivity contribution is 0.237. The summed E-state index contributed by atoms with van der Waals surface area (Å²) in [5, 5.41) is 3.37. The summed E-state index contributed by atoms with van der Waals surface area (Å²) < 4.78 is 0. The van der Waals surface area contributed by atoms with Crippen LogP contribution in [-0.2, 0) is 0 Å². The van der Waals surface area contributed by atoms with Crippen molar-refractivity contribution in [2.45, 2.75) is 38.1 Å². The van der Waals surface area contributed by atoms with E-state index >= 15 is 0 Å². The molecule has 0 aromatic carbocycles. The van der Waals surface area contributed by atoms with Gasteiger partial charge in [-0.1, -0.05) is 19.3 Å². The SMILES string of the molecule is CNC1CCN(CCC2CCC2)C1. The molecule has 0 spiro atoms. The third kappa shape index (κ3) is 2.44. The Morgan fingerprint density at radius 1 is 1.31 bits per heavy atom. The molecule has 0 aromatic rings. The standard InChI is InChI=1S/C11H22N2/c1-12-11-6-8-13(9-11)7-5-10-3-2-4-10/h10-12H,2-9H2,1H3. The molecule has 1 aliphatic carbocycles. The van der Waals surface area contributed by atoms with Gasteiger partial charge in [-0.2, -0.15) is 0 Å². The minimum atomic E-state index is 0.765. The van der Waals surface area contributed by atoms with Crippen molar-refractivity contribution in [1.29, 1.82) is 0 Å². The summed E-state index contributed by atoms with van der Waals surface area (Å²) in [5.41, 5.74) is 0. The quantitative estimate of drug-likeness (QED) is 0.708. The maximum absolute atomic E-state index is 3.37. The van der Waals surface area contributed by atoms with Gasteiger partial charge >= 0.3 is 0 Å². The Labute approximate surface area is 81.7 Å². The van der Waals surface area contributed by atoms with Crippen molar-refractivity contribution >= 4 is 0 Å². The van der Waals surface area contributed by atoms with Gasteiger partial charge in [-0.3, -0.25) is 0 Å². The lowest BCUT2D eigenvalue weighted by Crippen LogP contribution is -2.31. The molecule has 0 amide bonds. The highest BCUT2D eigenvalue weighted by Gasteiger charge is 2.23. The number of nitrogens with zero attached hydrogens (tertiary/aromatic N) is 1. The molecule has 1 unspecified atom stereocenters. The number of hydrogen-bond donors (Lipinski definition) is 1. The van der Waals surface area contributed by atoms with E-state index in [0.717, 1.165) is 12.0 Å². The van der Waals surface area contributed by atoms with Crippen molar-refractivity contribution in [1.82, 2.24) is 10.2 Å². The molecule has 1 atom stereocenters. The van der Waals surface area contributed by atoms with Crippen molar-refractivity contribution in [3.8, 4) is 0 Å². The zero-order valence-electron chi connectivity index (χ0n) is 8.76. The highest BCUT2D eigenvalue weighted by Crippen LogP contribution is 2.29. The van der Waals surface area contributed by atoms with Crippen LogP contribution in [0.5, 0.6) is 0 Å². The Hall–Kier alpha value is -0.0800. The number of rotatable bonds is 4. The van der Waals surface area contributed by atoms with E-state index in [4.69, 9.17) is 0 Å². The molecule has 1 heterocycles. The summed E-state index contributed by atoms with van der Waals surface area (Å²) in [6, 6.07) is 0.765. The summed E-state index contributed by atoms with van der Waals surface area (Å²) in [5.74, 6) is 1.08. The molecule has 2 rings (SSSR count). The van der Waals surface area contributed by atoms with Gasteiger partial charge in [0.05, 0.1) is 0 Å². The Morgan fingerprint density at radius 3 is 2.69 bits per heavy atom. The molecule has 1 aliphatic heterocycles. The Kier molecular flexibility index (Phi) is 3.23. The second-order valence-electron chi connectivity index (χ2n) is 4.66. The first-order chi connectivity index (χ1) is 6.38. The smallest absolute Gasteiger partial charge is 0.0204 e. The van der Waals surface area contributed by atoms with Crippen molar-refractivity contribution in [3.05, 3.63) is 0 Å². The van der Waals surface area contributed by atoms with Crippen LogP contribution in [0.15, 0.2) is 0 Å². The first-order valence-corrected chi connectivity index (χ1v) is 5.78. The van der Waals surface area contributed by atoms with Gasteiger partial charge in [0.2, 0.25) is 0 Å². The zero-order valence-corrected chi connectivity index (χ0v) is 8.76. The van der Waals surface area contributed by atoms with Crippen LogP contribution < -0.4 is 5.32 Å². The van der Waals surface area contributed by atoms with Gasteiger partial charge in [0.1, 0.15) is 0 Å². The largest absolute Gasteiger partial charge is 0.316 e. The second-order valence-corrected chi connectivity index (χ2v) is 4.66. The molecule has 2 heteroatoms. The molecule has 13 heavy (non-hydrogen) atoms. The maximum atomic E-state index is 3.37. The first-order valence-electron chi connectivity index (χ1n) is 5.78. The van der Waals surface area contributed by atoms with Crippen LogP contribution in [0.25, 0.3) is 0 Å².